The molecule has 1 aliphatic rings. The number of rotatable bonds is 4. The van der Waals surface area contributed by atoms with Crippen molar-refractivity contribution in [3.63, 3.8) is 0 Å². The third kappa shape index (κ3) is 3.70. The Hall–Kier alpha value is -1.07. The summed E-state index contributed by atoms with van der Waals surface area (Å²) in [6.07, 6.45) is 3.30. The number of carbonyl (C=O) groups is 2. The molecule has 0 aliphatic carbocycles. The molecular weight excluding hydrogens is 286 g/mol. The first-order valence-electron chi connectivity index (χ1n) is 6.34. The molecule has 0 bridgehead atoms. The number of thiophene rings is 1. The van der Waals surface area contributed by atoms with Gasteiger partial charge in [0, 0.05) is 17.8 Å². The van der Waals surface area contributed by atoms with Crippen molar-refractivity contribution in [2.45, 2.75) is 38.1 Å². The number of hydrogen-bond donors (Lipinski definition) is 1. The lowest BCUT2D eigenvalue weighted by Gasteiger charge is -2.33. The first-order chi connectivity index (χ1) is 9.08. The molecule has 2 rings (SSSR count). The van der Waals surface area contributed by atoms with E-state index in [1.165, 1.54) is 16.2 Å². The predicted molar refractivity (Wildman–Crippen MR) is 74.6 cm³/mol. The minimum atomic E-state index is -0.896. The van der Waals surface area contributed by atoms with Crippen molar-refractivity contribution in [1.82, 2.24) is 4.90 Å². The number of nitrogens with zero attached hydrogens (tertiary/aromatic N) is 1. The highest BCUT2D eigenvalue weighted by Crippen LogP contribution is 2.24. The fourth-order valence-electron chi connectivity index (χ4n) is 2.35. The summed E-state index contributed by atoms with van der Waals surface area (Å²) >= 11 is 7.30. The second kappa shape index (κ2) is 6.39. The van der Waals surface area contributed by atoms with Gasteiger partial charge in [-0.2, -0.15) is 0 Å². The first kappa shape index (κ1) is 14.3. The van der Waals surface area contributed by atoms with Gasteiger partial charge in [0.1, 0.15) is 6.04 Å². The predicted octanol–water partition coefficient (Wildman–Crippen LogP) is 2.80. The summed E-state index contributed by atoms with van der Waals surface area (Å²) in [6, 6.07) is 3.08. The van der Waals surface area contributed by atoms with Gasteiger partial charge in [-0.15, -0.1) is 11.3 Å². The molecule has 1 aliphatic heterocycles. The second-order valence-electron chi connectivity index (χ2n) is 4.64. The van der Waals surface area contributed by atoms with Crippen molar-refractivity contribution >= 4 is 34.8 Å². The lowest BCUT2D eigenvalue weighted by molar-refractivity contribution is -0.152. The van der Waals surface area contributed by atoms with E-state index in [4.69, 9.17) is 16.7 Å². The quantitative estimate of drug-likeness (QED) is 0.930. The van der Waals surface area contributed by atoms with E-state index in [9.17, 15) is 9.59 Å². The van der Waals surface area contributed by atoms with Gasteiger partial charge in [0.15, 0.2) is 0 Å². The molecule has 1 saturated heterocycles. The Kier molecular flexibility index (Phi) is 4.82. The second-order valence-corrected chi connectivity index (χ2v) is 6.44. The third-order valence-corrected chi connectivity index (χ3v) is 4.61. The van der Waals surface area contributed by atoms with Crippen LogP contribution in [0.2, 0.25) is 4.34 Å². The van der Waals surface area contributed by atoms with Crippen molar-refractivity contribution in [2.24, 2.45) is 0 Å². The third-order valence-electron chi connectivity index (χ3n) is 3.32. The maximum atomic E-state index is 12.1. The number of hydrogen-bond acceptors (Lipinski definition) is 3. The summed E-state index contributed by atoms with van der Waals surface area (Å²) in [5.74, 6) is -0.969. The molecule has 0 radical (unpaired) electrons. The van der Waals surface area contributed by atoms with Gasteiger partial charge in [-0.05, 0) is 37.8 Å². The van der Waals surface area contributed by atoms with Gasteiger partial charge >= 0.3 is 5.97 Å². The topological polar surface area (TPSA) is 57.6 Å². The molecule has 1 amide bonds. The molecule has 1 unspecified atom stereocenters. The van der Waals surface area contributed by atoms with Crippen LogP contribution in [0.4, 0.5) is 0 Å². The molecule has 1 aromatic heterocycles. The Morgan fingerprint density at radius 1 is 1.42 bits per heavy atom. The fraction of sp³-hybridized carbons (Fsp3) is 0.538. The monoisotopic (exact) mass is 301 g/mol. The van der Waals surface area contributed by atoms with Crippen LogP contribution in [0.15, 0.2) is 12.1 Å². The van der Waals surface area contributed by atoms with E-state index in [0.717, 1.165) is 17.7 Å². The summed E-state index contributed by atoms with van der Waals surface area (Å²) in [5, 5.41) is 9.14. The highest BCUT2D eigenvalue weighted by molar-refractivity contribution is 7.16. The molecule has 1 N–H and O–H groups in total. The van der Waals surface area contributed by atoms with Crippen LogP contribution in [0.3, 0.4) is 0 Å². The molecule has 104 valence electrons. The van der Waals surface area contributed by atoms with Crippen LogP contribution in [-0.2, 0) is 16.0 Å². The number of aliphatic carboxylic acids is 1. The summed E-state index contributed by atoms with van der Waals surface area (Å²) in [4.78, 5) is 25.8. The first-order valence-corrected chi connectivity index (χ1v) is 7.54. The maximum absolute atomic E-state index is 12.1. The van der Waals surface area contributed by atoms with Crippen molar-refractivity contribution in [3.8, 4) is 0 Å². The van der Waals surface area contributed by atoms with Crippen molar-refractivity contribution in [3.05, 3.63) is 21.3 Å². The molecular formula is C13H16ClNO3S. The fourth-order valence-corrected chi connectivity index (χ4v) is 3.43. The van der Waals surface area contributed by atoms with Crippen LogP contribution < -0.4 is 0 Å². The highest BCUT2D eigenvalue weighted by Gasteiger charge is 2.31. The Morgan fingerprint density at radius 3 is 2.84 bits per heavy atom. The molecule has 1 aromatic rings. The van der Waals surface area contributed by atoms with E-state index in [1.807, 2.05) is 12.1 Å². The van der Waals surface area contributed by atoms with E-state index < -0.39 is 12.0 Å². The van der Waals surface area contributed by atoms with Gasteiger partial charge in [-0.3, -0.25) is 4.79 Å². The Balaban J connectivity index is 1.92. The van der Waals surface area contributed by atoms with Crippen LogP contribution in [0, 0.1) is 0 Å². The van der Waals surface area contributed by atoms with E-state index in [-0.39, 0.29) is 5.91 Å². The highest BCUT2D eigenvalue weighted by atomic mass is 35.5. The summed E-state index contributed by atoms with van der Waals surface area (Å²) < 4.78 is 0.712. The summed E-state index contributed by atoms with van der Waals surface area (Å²) in [5.41, 5.74) is 0. The van der Waals surface area contributed by atoms with E-state index in [1.54, 1.807) is 0 Å². The van der Waals surface area contributed by atoms with E-state index in [0.29, 0.717) is 30.1 Å². The Bertz CT molecular complexity index is 474. The molecule has 0 aromatic carbocycles. The molecule has 0 spiro atoms. The van der Waals surface area contributed by atoms with Crippen LogP contribution in [0.1, 0.15) is 30.6 Å². The number of halogens is 1. The largest absolute Gasteiger partial charge is 0.480 e. The van der Waals surface area contributed by atoms with Gasteiger partial charge in [-0.25, -0.2) is 4.79 Å². The van der Waals surface area contributed by atoms with Gasteiger partial charge in [0.25, 0.3) is 0 Å². The molecule has 6 heteroatoms. The average Bonchev–Trinajstić information content (AvgIpc) is 2.81. The SMILES string of the molecule is O=C(O)C1CCCCN1C(=O)CCc1ccc(Cl)s1. The minimum Gasteiger partial charge on any atom is -0.480 e. The van der Waals surface area contributed by atoms with Gasteiger partial charge < -0.3 is 10.0 Å². The summed E-state index contributed by atoms with van der Waals surface area (Å²) in [6.45, 7) is 0.557. The molecule has 1 fully saturated rings. The normalized spacial score (nSPS) is 19.4. The lowest BCUT2D eigenvalue weighted by Crippen LogP contribution is -2.48. The maximum Gasteiger partial charge on any atom is 0.326 e. The number of amides is 1. The Morgan fingerprint density at radius 2 is 2.21 bits per heavy atom. The van der Waals surface area contributed by atoms with Gasteiger partial charge in [-0.1, -0.05) is 11.6 Å². The average molecular weight is 302 g/mol. The van der Waals surface area contributed by atoms with Crippen molar-refractivity contribution < 1.29 is 14.7 Å². The number of aryl methyl sites for hydroxylation is 1. The van der Waals surface area contributed by atoms with Crippen LogP contribution in [0.5, 0.6) is 0 Å². The zero-order chi connectivity index (χ0) is 13.8. The van der Waals surface area contributed by atoms with Crippen molar-refractivity contribution in [2.75, 3.05) is 6.54 Å². The number of carboxylic acid groups (broad SMARTS) is 1. The molecule has 19 heavy (non-hydrogen) atoms. The number of likely N-dealkylation sites (tertiary alicyclic amines) is 1. The van der Waals surface area contributed by atoms with Crippen molar-refractivity contribution in [1.29, 1.82) is 0 Å². The van der Waals surface area contributed by atoms with E-state index >= 15 is 0 Å². The zero-order valence-electron chi connectivity index (χ0n) is 10.5. The van der Waals surface area contributed by atoms with Crippen LogP contribution in [-0.4, -0.2) is 34.5 Å². The number of carboxylic acids is 1. The zero-order valence-corrected chi connectivity index (χ0v) is 12.0. The molecule has 0 saturated carbocycles. The lowest BCUT2D eigenvalue weighted by atomic mass is 10.0. The molecule has 1 atom stereocenters. The number of carbonyl (C=O) groups excluding carboxylic acids is 1. The molecule has 4 nitrogen and oxygen atoms in total. The van der Waals surface area contributed by atoms with E-state index in [2.05, 4.69) is 0 Å². The number of piperidine rings is 1. The van der Waals surface area contributed by atoms with Gasteiger partial charge in [0.05, 0.1) is 4.34 Å². The standard InChI is InChI=1S/C13H16ClNO3S/c14-11-6-4-9(19-11)5-7-12(16)15-8-2-1-3-10(15)13(17)18/h4,6,10H,1-3,5,7-8H2,(H,17,18). The Labute approximate surface area is 121 Å². The van der Waals surface area contributed by atoms with Crippen LogP contribution >= 0.6 is 22.9 Å². The minimum absolute atomic E-state index is 0.0726. The molecule has 2 heterocycles. The van der Waals surface area contributed by atoms with Gasteiger partial charge in [0.2, 0.25) is 5.91 Å². The smallest absolute Gasteiger partial charge is 0.326 e. The summed E-state index contributed by atoms with van der Waals surface area (Å²) in [7, 11) is 0. The van der Waals surface area contributed by atoms with Crippen LogP contribution in [0.25, 0.3) is 0 Å².